The lowest BCUT2D eigenvalue weighted by molar-refractivity contribution is 0.0988. The molecule has 2 heterocycles. The summed E-state index contributed by atoms with van der Waals surface area (Å²) in [6, 6.07) is 20.0. The number of aryl methyl sites for hydroxylation is 1. The Labute approximate surface area is 309 Å². The Bertz CT molecular complexity index is 2240. The van der Waals surface area contributed by atoms with E-state index in [-0.39, 0.29) is 51.8 Å². The van der Waals surface area contributed by atoms with Gasteiger partial charge in [-0.2, -0.15) is 0 Å². The van der Waals surface area contributed by atoms with Crippen LogP contribution in [0.4, 0.5) is 31.8 Å². The number of rotatable bonds is 7. The second kappa shape index (κ2) is 13.5. The maximum absolute atomic E-state index is 14.8. The minimum Gasteiger partial charge on any atom is -0.288 e. The molecule has 1 aliphatic heterocycles. The van der Waals surface area contributed by atoms with Crippen LogP contribution in [0.1, 0.15) is 128 Å². The summed E-state index contributed by atoms with van der Waals surface area (Å²) in [5, 5.41) is 0. The minimum atomic E-state index is -1.01. The number of aromatic nitrogens is 2. The molecule has 2 aliphatic rings. The topological polar surface area (TPSA) is 66.4 Å². The van der Waals surface area contributed by atoms with Gasteiger partial charge in [-0.1, -0.05) is 109 Å². The van der Waals surface area contributed by atoms with Gasteiger partial charge in [-0.05, 0) is 71.1 Å². The van der Waals surface area contributed by atoms with Crippen molar-refractivity contribution in [3.63, 3.8) is 0 Å². The molecule has 0 bridgehead atoms. The Morgan fingerprint density at radius 2 is 0.981 bits per heavy atom. The first kappa shape index (κ1) is 35.9. The smallest absolute Gasteiger partial charge is 0.197 e. The van der Waals surface area contributed by atoms with E-state index in [1.54, 1.807) is 18.2 Å². The Morgan fingerprint density at radius 3 is 1.40 bits per heavy atom. The summed E-state index contributed by atoms with van der Waals surface area (Å²) < 4.78 is 29.6. The number of carbonyl (C=O) groups excluding carboxylic acids is 2. The molecule has 4 aromatic carbocycles. The number of fused-ring (bicyclic) bond motifs is 3. The van der Waals surface area contributed by atoms with Crippen molar-refractivity contribution in [2.45, 2.75) is 86.0 Å². The molecule has 53 heavy (non-hydrogen) atoms. The van der Waals surface area contributed by atoms with E-state index >= 15 is 0 Å². The molecule has 0 saturated carbocycles. The molecular weight excluding hydrogens is 667 g/mol. The number of ketones is 2. The number of nitrogens with zero attached hydrogens (tertiary/aromatic N) is 4. The van der Waals surface area contributed by atoms with Crippen molar-refractivity contribution in [1.29, 1.82) is 0 Å². The fraction of sp³-hybridized carbons (Fsp3) is 0.289. The molecule has 0 unspecified atom stereocenters. The molecule has 270 valence electrons. The van der Waals surface area contributed by atoms with Gasteiger partial charge < -0.3 is 0 Å². The molecule has 0 radical (unpaired) electrons. The number of allylic oxidation sites excluding steroid dienone is 3. The lowest BCUT2D eigenvalue weighted by atomic mass is 9.91. The molecule has 0 saturated heterocycles. The van der Waals surface area contributed by atoms with Crippen LogP contribution in [0.3, 0.4) is 0 Å². The average molecular weight is 711 g/mol. The number of benzene rings is 4. The Kier molecular flexibility index (Phi) is 9.13. The van der Waals surface area contributed by atoms with Crippen molar-refractivity contribution in [2.75, 3.05) is 9.80 Å². The van der Waals surface area contributed by atoms with Crippen LogP contribution in [0.25, 0.3) is 11.0 Å². The van der Waals surface area contributed by atoms with Crippen LogP contribution in [0.5, 0.6) is 0 Å². The summed E-state index contributed by atoms with van der Waals surface area (Å²) in [5.74, 6) is -0.894. The first-order valence-corrected chi connectivity index (χ1v) is 18.3. The van der Waals surface area contributed by atoms with Gasteiger partial charge >= 0.3 is 0 Å². The van der Waals surface area contributed by atoms with E-state index in [9.17, 15) is 18.4 Å². The van der Waals surface area contributed by atoms with E-state index in [1.165, 1.54) is 0 Å². The second-order valence-electron chi connectivity index (χ2n) is 15.3. The third-order valence-electron chi connectivity index (χ3n) is 10.2. The van der Waals surface area contributed by atoms with E-state index in [0.717, 1.165) is 51.3 Å². The highest BCUT2D eigenvalue weighted by atomic mass is 19.2. The normalized spacial score (nSPS) is 15.0. The lowest BCUT2D eigenvalue weighted by Crippen LogP contribution is -2.26. The van der Waals surface area contributed by atoms with Crippen molar-refractivity contribution in [3.05, 3.63) is 141 Å². The van der Waals surface area contributed by atoms with E-state index in [2.05, 4.69) is 91.8 Å². The van der Waals surface area contributed by atoms with Crippen molar-refractivity contribution >= 4 is 45.6 Å². The van der Waals surface area contributed by atoms with Gasteiger partial charge in [0, 0.05) is 23.3 Å². The van der Waals surface area contributed by atoms with Gasteiger partial charge in [-0.25, -0.2) is 18.7 Å². The van der Waals surface area contributed by atoms with Crippen LogP contribution in [0.15, 0.2) is 90.3 Å². The van der Waals surface area contributed by atoms with Crippen LogP contribution >= 0.6 is 0 Å². The van der Waals surface area contributed by atoms with E-state index in [1.807, 2.05) is 28.9 Å². The molecule has 5 aromatic rings. The number of para-hydroxylation sites is 2. The number of carbonyl (C=O) groups is 2. The summed E-state index contributed by atoms with van der Waals surface area (Å²) in [5.41, 5.74) is 8.10. The van der Waals surface area contributed by atoms with Gasteiger partial charge in [0.2, 0.25) is 0 Å². The maximum Gasteiger partial charge on any atom is 0.197 e. The summed E-state index contributed by atoms with van der Waals surface area (Å²) in [4.78, 5) is 41.8. The van der Waals surface area contributed by atoms with Crippen LogP contribution in [-0.4, -0.2) is 21.5 Å². The van der Waals surface area contributed by atoms with Gasteiger partial charge in [0.05, 0.1) is 28.0 Å². The van der Waals surface area contributed by atoms with E-state index in [0.29, 0.717) is 28.6 Å². The Hall–Kier alpha value is -5.50. The van der Waals surface area contributed by atoms with Crippen LogP contribution in [-0.2, 0) is 0 Å². The summed E-state index contributed by atoms with van der Waals surface area (Å²) >= 11 is 0. The van der Waals surface area contributed by atoms with Crippen LogP contribution < -0.4 is 9.80 Å². The van der Waals surface area contributed by atoms with Crippen LogP contribution in [0.2, 0.25) is 0 Å². The predicted octanol–water partition coefficient (Wildman–Crippen LogP) is 11.8. The second-order valence-corrected chi connectivity index (χ2v) is 15.3. The Balaban J connectivity index is 1.63. The van der Waals surface area contributed by atoms with Crippen molar-refractivity contribution in [1.82, 2.24) is 9.97 Å². The molecule has 8 heteroatoms. The maximum atomic E-state index is 14.8. The number of Topliss-reactive ketones (excluding diaryl/α,β-unsaturated/α-hetero) is 2. The van der Waals surface area contributed by atoms with E-state index in [4.69, 9.17) is 9.97 Å². The molecule has 1 aliphatic carbocycles. The highest BCUT2D eigenvalue weighted by Crippen LogP contribution is 2.54. The van der Waals surface area contributed by atoms with Crippen molar-refractivity contribution < 1.29 is 18.4 Å². The van der Waals surface area contributed by atoms with Crippen molar-refractivity contribution in [2.24, 2.45) is 0 Å². The third kappa shape index (κ3) is 5.94. The number of anilines is 4. The molecular formula is C45H44F2N4O2. The summed E-state index contributed by atoms with van der Waals surface area (Å²) in [7, 11) is 0. The number of halogens is 2. The third-order valence-corrected chi connectivity index (χ3v) is 10.2. The summed E-state index contributed by atoms with van der Waals surface area (Å²) in [6.07, 6.45) is 3.42. The molecule has 1 aromatic heterocycles. The monoisotopic (exact) mass is 710 g/mol. The van der Waals surface area contributed by atoms with Gasteiger partial charge in [-0.15, -0.1) is 0 Å². The standard InChI is InChI=1S/C45H44F2N4O2/c1-23(2)28-12-10-13-29(24(3)4)40(28)50-39(19-18-33-42(52)32-17-16-27(9)20-34(32)43(33)53)51(41-30(25(5)6)14-11-15-31(41)26(7)8)45-44(50)48-37-21-35(46)36(47)22-38(37)49-45/h10-26H,1-9H3/b33-18+. The molecule has 0 N–H and O–H groups in total. The molecule has 0 amide bonds. The summed E-state index contributed by atoms with van der Waals surface area (Å²) in [6.45, 7) is 19.0. The zero-order chi connectivity index (χ0) is 38.0. The molecule has 6 nitrogen and oxygen atoms in total. The highest BCUT2D eigenvalue weighted by Gasteiger charge is 2.42. The quantitative estimate of drug-likeness (QED) is 0.124. The number of hydrogen-bond donors (Lipinski definition) is 0. The van der Waals surface area contributed by atoms with Crippen molar-refractivity contribution in [3.8, 4) is 0 Å². The lowest BCUT2D eigenvalue weighted by Gasteiger charge is -2.32. The highest BCUT2D eigenvalue weighted by molar-refractivity contribution is 6.39. The van der Waals surface area contributed by atoms with Gasteiger partial charge in [0.1, 0.15) is 5.82 Å². The first-order chi connectivity index (χ1) is 25.2. The largest absolute Gasteiger partial charge is 0.288 e. The SMILES string of the molecule is Cc1ccc2c(c1)C(=O)/C(=C/C=C1N(c3c(C(C)C)cccc3C(C)C)c3nc4cc(F)c(F)cc4nc3N1c1c(C(C)C)cccc1C(C)C)C2=O. The average Bonchev–Trinajstić information content (AvgIpc) is 3.54. The van der Waals surface area contributed by atoms with Gasteiger partial charge in [0.25, 0.3) is 0 Å². The molecule has 0 atom stereocenters. The zero-order valence-electron chi connectivity index (χ0n) is 31.7. The zero-order valence-corrected chi connectivity index (χ0v) is 31.7. The van der Waals surface area contributed by atoms with E-state index < -0.39 is 11.6 Å². The predicted molar refractivity (Wildman–Crippen MR) is 209 cm³/mol. The minimum absolute atomic E-state index is 0.0617. The molecule has 0 spiro atoms. The molecule has 7 rings (SSSR count). The van der Waals surface area contributed by atoms with Gasteiger partial charge in [-0.3, -0.25) is 19.4 Å². The first-order valence-electron chi connectivity index (χ1n) is 18.3. The Morgan fingerprint density at radius 1 is 0.566 bits per heavy atom. The van der Waals surface area contributed by atoms with Crippen LogP contribution in [0, 0.1) is 18.6 Å². The fourth-order valence-electron chi connectivity index (χ4n) is 7.53. The molecule has 0 fully saturated rings. The fourth-order valence-corrected chi connectivity index (χ4v) is 7.53. The van der Waals surface area contributed by atoms with Gasteiger partial charge in [0.15, 0.2) is 34.8 Å². The number of hydrogen-bond acceptors (Lipinski definition) is 6.